The molecule has 0 aliphatic heterocycles. The Morgan fingerprint density at radius 1 is 0.240 bits per heavy atom. The average Bonchev–Trinajstić information content (AvgIpc) is 4.16. The molecule has 13 rings (SSSR count). The van der Waals surface area contributed by atoms with Crippen molar-refractivity contribution in [1.82, 2.24) is 43.6 Å². The predicted octanol–water partition coefficient (Wildman–Crippen LogP) is 14.7. The lowest BCUT2D eigenvalue weighted by molar-refractivity contribution is 0.583. The molecular formula is C60H33F6N9. The fraction of sp³-hybridized carbons (Fsp3) is 0. The molecule has 0 amide bonds. The largest absolute Gasteiger partial charge is 0.292 e. The van der Waals surface area contributed by atoms with Gasteiger partial charge in [-0.25, -0.2) is 56.2 Å². The zero-order valence-electron chi connectivity index (χ0n) is 38.8. The van der Waals surface area contributed by atoms with Crippen LogP contribution in [0.25, 0.3) is 118 Å². The third-order valence-electron chi connectivity index (χ3n) is 12.8. The summed E-state index contributed by atoms with van der Waals surface area (Å²) in [5.41, 5.74) is 7.94. The van der Waals surface area contributed by atoms with Crippen LogP contribution in [0, 0.1) is 34.9 Å². The van der Waals surface area contributed by atoms with Gasteiger partial charge in [0, 0.05) is 68.6 Å². The minimum absolute atomic E-state index is 0.228. The van der Waals surface area contributed by atoms with Crippen LogP contribution >= 0.6 is 0 Å². The summed E-state index contributed by atoms with van der Waals surface area (Å²) >= 11 is 0. The fourth-order valence-electron chi connectivity index (χ4n) is 9.61. The Morgan fingerprint density at radius 3 is 0.787 bits per heavy atom. The number of imidazole rings is 3. The summed E-state index contributed by atoms with van der Waals surface area (Å²) in [7, 11) is 0. The lowest BCUT2D eigenvalue weighted by Gasteiger charge is -2.14. The molecule has 0 bridgehead atoms. The summed E-state index contributed by atoms with van der Waals surface area (Å²) in [6.07, 6.45) is 0. The number of benzene rings is 9. The van der Waals surface area contributed by atoms with Crippen molar-refractivity contribution in [2.45, 2.75) is 0 Å². The highest BCUT2D eigenvalue weighted by Gasteiger charge is 2.22. The molecule has 0 spiro atoms. The van der Waals surface area contributed by atoms with E-state index in [1.165, 1.54) is 36.4 Å². The molecule has 4 heterocycles. The maximum absolute atomic E-state index is 14.8. The van der Waals surface area contributed by atoms with Crippen LogP contribution in [0.4, 0.5) is 26.3 Å². The Bertz CT molecular complexity index is 3910. The maximum Gasteiger partial charge on any atom is 0.164 e. The van der Waals surface area contributed by atoms with Gasteiger partial charge in [0.15, 0.2) is 17.5 Å². The van der Waals surface area contributed by atoms with Gasteiger partial charge in [-0.2, -0.15) is 0 Å². The van der Waals surface area contributed by atoms with E-state index in [9.17, 15) is 26.3 Å². The molecule has 0 radical (unpaired) electrons. The van der Waals surface area contributed by atoms with Crippen molar-refractivity contribution in [3.63, 3.8) is 0 Å². The van der Waals surface area contributed by atoms with Gasteiger partial charge in [0.1, 0.15) is 52.4 Å². The SMILES string of the molecule is Fc1cc(F)cc(-c2nc3ccccc3n2-c2cccc(-c3nc(-c4cccc(-n5c(-c6cc(F)cc(F)c6)nc6ccccc65)c4)nc(-c4cccc(-n5c(-c6cc(F)cc(F)c6)nc6ccccc65)c4)n3)c2)c1. The highest BCUT2D eigenvalue weighted by atomic mass is 19.2. The van der Waals surface area contributed by atoms with Crippen molar-refractivity contribution < 1.29 is 26.3 Å². The van der Waals surface area contributed by atoms with E-state index in [2.05, 4.69) is 0 Å². The first-order chi connectivity index (χ1) is 36.6. The monoisotopic (exact) mass is 993 g/mol. The van der Waals surface area contributed by atoms with E-state index in [0.29, 0.717) is 84.3 Å². The van der Waals surface area contributed by atoms with Crippen molar-refractivity contribution in [2.24, 2.45) is 0 Å². The van der Waals surface area contributed by atoms with E-state index < -0.39 is 34.9 Å². The second kappa shape index (κ2) is 17.9. The van der Waals surface area contributed by atoms with Gasteiger partial charge in [-0.1, -0.05) is 72.8 Å². The first-order valence-corrected chi connectivity index (χ1v) is 23.5. The molecular weight excluding hydrogens is 961 g/mol. The Hall–Kier alpha value is -10.0. The second-order valence-corrected chi connectivity index (χ2v) is 17.7. The van der Waals surface area contributed by atoms with Crippen molar-refractivity contribution in [1.29, 1.82) is 0 Å². The molecule has 15 heteroatoms. The number of fused-ring (bicyclic) bond motifs is 3. The van der Waals surface area contributed by atoms with E-state index in [1.54, 1.807) is 0 Å². The van der Waals surface area contributed by atoms with E-state index in [4.69, 9.17) is 29.9 Å². The van der Waals surface area contributed by atoms with Gasteiger partial charge in [-0.05, 0) is 109 Å². The summed E-state index contributed by atoms with van der Waals surface area (Å²) in [6, 6.07) is 54.0. The van der Waals surface area contributed by atoms with E-state index in [0.717, 1.165) is 18.2 Å². The molecule has 0 N–H and O–H groups in total. The van der Waals surface area contributed by atoms with Crippen molar-refractivity contribution >= 4 is 33.1 Å². The molecule has 0 aliphatic carbocycles. The zero-order chi connectivity index (χ0) is 50.9. The van der Waals surface area contributed by atoms with Gasteiger partial charge in [-0.3, -0.25) is 13.7 Å². The number of nitrogens with zero attached hydrogens (tertiary/aromatic N) is 9. The molecule has 13 aromatic rings. The molecule has 0 fully saturated rings. The van der Waals surface area contributed by atoms with Crippen LogP contribution < -0.4 is 0 Å². The third-order valence-corrected chi connectivity index (χ3v) is 12.8. The van der Waals surface area contributed by atoms with Gasteiger partial charge in [-0.15, -0.1) is 0 Å². The molecule has 0 saturated heterocycles. The third kappa shape index (κ3) is 8.21. The Labute approximate surface area is 422 Å². The van der Waals surface area contributed by atoms with Gasteiger partial charge >= 0.3 is 0 Å². The van der Waals surface area contributed by atoms with Crippen molar-refractivity contribution in [3.05, 3.63) is 235 Å². The molecule has 4 aromatic heterocycles. The van der Waals surface area contributed by atoms with Crippen LogP contribution in [0.3, 0.4) is 0 Å². The fourth-order valence-corrected chi connectivity index (χ4v) is 9.61. The van der Waals surface area contributed by atoms with E-state index >= 15 is 0 Å². The highest BCUT2D eigenvalue weighted by molar-refractivity contribution is 5.87. The van der Waals surface area contributed by atoms with Crippen LogP contribution in [0.15, 0.2) is 200 Å². The summed E-state index contributed by atoms with van der Waals surface area (Å²) in [6.45, 7) is 0. The summed E-state index contributed by atoms with van der Waals surface area (Å²) in [5.74, 6) is -2.85. The number of para-hydroxylation sites is 6. The molecule has 360 valence electrons. The molecule has 0 atom stereocenters. The van der Waals surface area contributed by atoms with Crippen LogP contribution in [-0.2, 0) is 0 Å². The minimum Gasteiger partial charge on any atom is -0.292 e. The molecule has 9 aromatic carbocycles. The van der Waals surface area contributed by atoms with E-state index in [-0.39, 0.29) is 34.2 Å². The first-order valence-electron chi connectivity index (χ1n) is 23.5. The Morgan fingerprint density at radius 2 is 0.507 bits per heavy atom. The molecule has 75 heavy (non-hydrogen) atoms. The lowest BCUT2D eigenvalue weighted by Crippen LogP contribution is -2.03. The van der Waals surface area contributed by atoms with Gasteiger partial charge in [0.25, 0.3) is 0 Å². The normalized spacial score (nSPS) is 11.6. The Kier molecular flexibility index (Phi) is 10.7. The topological polar surface area (TPSA) is 92.1 Å². The smallest absolute Gasteiger partial charge is 0.164 e. The van der Waals surface area contributed by atoms with Crippen molar-refractivity contribution in [3.8, 4) is 85.4 Å². The van der Waals surface area contributed by atoms with E-state index in [1.807, 2.05) is 159 Å². The molecule has 0 aliphatic rings. The zero-order valence-corrected chi connectivity index (χ0v) is 38.8. The van der Waals surface area contributed by atoms with Crippen LogP contribution in [0.2, 0.25) is 0 Å². The molecule has 0 unspecified atom stereocenters. The number of halogens is 6. The summed E-state index contributed by atoms with van der Waals surface area (Å²) in [4.78, 5) is 29.8. The van der Waals surface area contributed by atoms with Crippen LogP contribution in [0.1, 0.15) is 0 Å². The minimum atomic E-state index is -0.753. The molecule has 0 saturated carbocycles. The van der Waals surface area contributed by atoms with Crippen LogP contribution in [-0.4, -0.2) is 43.6 Å². The maximum atomic E-state index is 14.8. The standard InChI is InChI=1S/C60H33F6N9/c61-40-22-37(23-41(62)31-40)58-67-49-16-1-4-19-52(49)73(58)46-13-7-10-34(28-46)55-70-56(35-11-8-14-47(29-35)74-53-20-5-2-17-50(53)68-59(74)38-24-42(63)32-43(64)25-38)72-57(71-55)36-12-9-15-48(30-36)75-54-21-6-3-18-51(54)69-60(75)39-26-44(65)33-45(66)27-39/h1-33H. The lowest BCUT2D eigenvalue weighted by atomic mass is 10.1. The first kappa shape index (κ1) is 44.9. The summed E-state index contributed by atoms with van der Waals surface area (Å²) < 4.78 is 94.1. The Balaban J connectivity index is 1.01. The quantitative estimate of drug-likeness (QED) is 0.134. The predicted molar refractivity (Wildman–Crippen MR) is 276 cm³/mol. The average molecular weight is 994 g/mol. The number of hydrogen-bond donors (Lipinski definition) is 0. The van der Waals surface area contributed by atoms with Gasteiger partial charge in [0.05, 0.1) is 33.1 Å². The van der Waals surface area contributed by atoms with Crippen molar-refractivity contribution in [2.75, 3.05) is 0 Å². The number of rotatable bonds is 9. The van der Waals surface area contributed by atoms with Crippen LogP contribution in [0.5, 0.6) is 0 Å². The van der Waals surface area contributed by atoms with Gasteiger partial charge < -0.3 is 0 Å². The number of aromatic nitrogens is 9. The highest BCUT2D eigenvalue weighted by Crippen LogP contribution is 2.36. The number of hydrogen-bond acceptors (Lipinski definition) is 6. The molecule has 9 nitrogen and oxygen atoms in total. The van der Waals surface area contributed by atoms with Gasteiger partial charge in [0.2, 0.25) is 0 Å². The summed E-state index contributed by atoms with van der Waals surface area (Å²) in [5, 5.41) is 0. The second-order valence-electron chi connectivity index (χ2n) is 17.7.